The Morgan fingerprint density at radius 1 is 1.29 bits per heavy atom. The second-order valence-electron chi connectivity index (χ2n) is 4.31. The number of benzene rings is 1. The minimum absolute atomic E-state index is 0.0169. The first-order valence-electron chi connectivity index (χ1n) is 5.85. The molecule has 21 heavy (non-hydrogen) atoms. The van der Waals surface area contributed by atoms with E-state index in [0.717, 1.165) is 0 Å². The van der Waals surface area contributed by atoms with Crippen LogP contribution >= 0.6 is 0 Å². The standard InChI is InChI=1S/C12H14N6O2S/c1-7(13)10-6-16-12(18-11(10)14)17-8-2-4-9(5-3-8)21(15,19)20/h2-6,13H,1H3,(H2,15,19,20)(H3,14,16,17,18). The number of hydrogen-bond donors (Lipinski definition) is 4. The van der Waals surface area contributed by atoms with Gasteiger partial charge in [-0.15, -0.1) is 0 Å². The number of anilines is 3. The second-order valence-corrected chi connectivity index (χ2v) is 5.87. The number of nitrogens with zero attached hydrogens (tertiary/aromatic N) is 2. The van der Waals surface area contributed by atoms with E-state index in [1.54, 1.807) is 6.92 Å². The Balaban J connectivity index is 2.23. The molecule has 9 heteroatoms. The van der Waals surface area contributed by atoms with Crippen LogP contribution in [0.4, 0.5) is 17.5 Å². The van der Waals surface area contributed by atoms with Gasteiger partial charge < -0.3 is 16.5 Å². The fourth-order valence-electron chi connectivity index (χ4n) is 1.60. The molecule has 0 saturated carbocycles. The minimum Gasteiger partial charge on any atom is -0.383 e. The smallest absolute Gasteiger partial charge is 0.238 e. The minimum atomic E-state index is -3.72. The lowest BCUT2D eigenvalue weighted by Crippen LogP contribution is -2.12. The lowest BCUT2D eigenvalue weighted by molar-refractivity contribution is 0.598. The molecule has 110 valence electrons. The van der Waals surface area contributed by atoms with E-state index < -0.39 is 10.0 Å². The summed E-state index contributed by atoms with van der Waals surface area (Å²) in [5, 5.41) is 15.4. The van der Waals surface area contributed by atoms with Crippen LogP contribution in [0.5, 0.6) is 0 Å². The summed E-state index contributed by atoms with van der Waals surface area (Å²) < 4.78 is 22.3. The zero-order valence-electron chi connectivity index (χ0n) is 11.2. The van der Waals surface area contributed by atoms with E-state index in [0.29, 0.717) is 11.3 Å². The van der Waals surface area contributed by atoms with Crippen LogP contribution in [0.15, 0.2) is 35.4 Å². The Morgan fingerprint density at radius 2 is 1.90 bits per heavy atom. The maximum atomic E-state index is 11.1. The van der Waals surface area contributed by atoms with Crippen LogP contribution in [0.25, 0.3) is 0 Å². The van der Waals surface area contributed by atoms with Crippen molar-refractivity contribution in [3.63, 3.8) is 0 Å². The van der Waals surface area contributed by atoms with E-state index in [1.807, 2.05) is 0 Å². The Hall–Kier alpha value is -2.52. The van der Waals surface area contributed by atoms with Crippen molar-refractivity contribution >= 4 is 33.2 Å². The van der Waals surface area contributed by atoms with Gasteiger partial charge in [-0.2, -0.15) is 4.98 Å². The molecule has 0 saturated heterocycles. The van der Waals surface area contributed by atoms with Gasteiger partial charge in [0, 0.05) is 17.6 Å². The molecule has 1 heterocycles. The molecular weight excluding hydrogens is 292 g/mol. The first-order chi connectivity index (χ1) is 9.77. The van der Waals surface area contributed by atoms with Crippen LogP contribution in [-0.2, 0) is 10.0 Å². The van der Waals surface area contributed by atoms with Crippen LogP contribution in [0.3, 0.4) is 0 Å². The topological polar surface area (TPSA) is 148 Å². The zero-order valence-corrected chi connectivity index (χ0v) is 12.0. The van der Waals surface area contributed by atoms with Gasteiger partial charge in [0.15, 0.2) is 0 Å². The van der Waals surface area contributed by atoms with Crippen molar-refractivity contribution < 1.29 is 8.42 Å². The molecule has 6 N–H and O–H groups in total. The van der Waals surface area contributed by atoms with Crippen molar-refractivity contribution in [3.8, 4) is 0 Å². The van der Waals surface area contributed by atoms with E-state index in [1.165, 1.54) is 30.5 Å². The highest BCUT2D eigenvalue weighted by Gasteiger charge is 2.08. The number of rotatable bonds is 4. The number of hydrogen-bond acceptors (Lipinski definition) is 7. The third-order valence-corrected chi connectivity index (χ3v) is 3.59. The van der Waals surface area contributed by atoms with Crippen molar-refractivity contribution in [1.82, 2.24) is 9.97 Å². The first-order valence-corrected chi connectivity index (χ1v) is 7.40. The van der Waals surface area contributed by atoms with Crippen LogP contribution in [0, 0.1) is 5.41 Å². The highest BCUT2D eigenvalue weighted by molar-refractivity contribution is 7.89. The largest absolute Gasteiger partial charge is 0.383 e. The normalized spacial score (nSPS) is 11.1. The summed E-state index contributed by atoms with van der Waals surface area (Å²) in [6, 6.07) is 5.82. The molecule has 2 aromatic rings. The van der Waals surface area contributed by atoms with Gasteiger partial charge in [0.05, 0.1) is 10.5 Å². The molecule has 0 aliphatic rings. The lowest BCUT2D eigenvalue weighted by Gasteiger charge is -2.08. The lowest BCUT2D eigenvalue weighted by atomic mass is 10.2. The summed E-state index contributed by atoms with van der Waals surface area (Å²) in [4.78, 5) is 8.09. The van der Waals surface area contributed by atoms with Crippen molar-refractivity contribution in [2.24, 2.45) is 5.14 Å². The second kappa shape index (κ2) is 5.46. The summed E-state index contributed by atoms with van der Waals surface area (Å²) >= 11 is 0. The van der Waals surface area contributed by atoms with E-state index in [2.05, 4.69) is 15.3 Å². The third-order valence-electron chi connectivity index (χ3n) is 2.66. The monoisotopic (exact) mass is 306 g/mol. The predicted molar refractivity (Wildman–Crippen MR) is 80.0 cm³/mol. The fraction of sp³-hybridized carbons (Fsp3) is 0.0833. The van der Waals surface area contributed by atoms with Crippen LogP contribution in [0.1, 0.15) is 12.5 Å². The molecule has 2 rings (SSSR count). The van der Waals surface area contributed by atoms with Gasteiger partial charge in [0.25, 0.3) is 0 Å². The Labute approximate surface area is 121 Å². The van der Waals surface area contributed by atoms with Gasteiger partial charge in [-0.3, -0.25) is 0 Å². The maximum absolute atomic E-state index is 11.1. The summed E-state index contributed by atoms with van der Waals surface area (Å²) in [5.41, 5.74) is 7.05. The number of nitrogens with two attached hydrogens (primary N) is 2. The number of primary sulfonamides is 1. The van der Waals surface area contributed by atoms with Gasteiger partial charge in [-0.05, 0) is 31.2 Å². The van der Waals surface area contributed by atoms with Crippen LogP contribution in [-0.4, -0.2) is 24.1 Å². The molecule has 0 bridgehead atoms. The Kier molecular flexibility index (Phi) is 3.87. The molecule has 0 radical (unpaired) electrons. The molecular formula is C12H14N6O2S. The van der Waals surface area contributed by atoms with E-state index >= 15 is 0 Å². The maximum Gasteiger partial charge on any atom is 0.238 e. The summed E-state index contributed by atoms with van der Waals surface area (Å²) in [6.45, 7) is 1.59. The summed E-state index contributed by atoms with van der Waals surface area (Å²) in [7, 11) is -3.72. The Bertz CT molecular complexity index is 786. The van der Waals surface area contributed by atoms with Crippen molar-refractivity contribution in [1.29, 1.82) is 5.41 Å². The molecule has 0 aliphatic heterocycles. The molecule has 0 aliphatic carbocycles. The SMILES string of the molecule is CC(=N)c1cnc(Nc2ccc(S(N)(=O)=O)cc2)nc1N. The van der Waals surface area contributed by atoms with Gasteiger partial charge in [-0.1, -0.05) is 0 Å². The molecule has 0 spiro atoms. The third kappa shape index (κ3) is 3.52. The van der Waals surface area contributed by atoms with E-state index in [4.69, 9.17) is 16.3 Å². The Morgan fingerprint density at radius 3 is 2.38 bits per heavy atom. The van der Waals surface area contributed by atoms with Crippen LogP contribution in [0.2, 0.25) is 0 Å². The van der Waals surface area contributed by atoms with Gasteiger partial charge >= 0.3 is 0 Å². The molecule has 8 nitrogen and oxygen atoms in total. The van der Waals surface area contributed by atoms with Crippen molar-refractivity contribution in [2.45, 2.75) is 11.8 Å². The quantitative estimate of drug-likeness (QED) is 0.615. The molecule has 1 aromatic carbocycles. The fourth-order valence-corrected chi connectivity index (χ4v) is 2.12. The van der Waals surface area contributed by atoms with Gasteiger partial charge in [0.1, 0.15) is 5.82 Å². The van der Waals surface area contributed by atoms with E-state index in [9.17, 15) is 8.42 Å². The number of nitrogens with one attached hydrogen (secondary N) is 2. The highest BCUT2D eigenvalue weighted by atomic mass is 32.2. The molecule has 0 unspecified atom stereocenters. The van der Waals surface area contributed by atoms with Gasteiger partial charge in [0.2, 0.25) is 16.0 Å². The number of sulfonamides is 1. The molecule has 0 atom stereocenters. The number of aromatic nitrogens is 2. The zero-order chi connectivity index (χ0) is 15.6. The average Bonchev–Trinajstić information content (AvgIpc) is 2.38. The number of nitrogen functional groups attached to an aromatic ring is 1. The molecule has 0 fully saturated rings. The van der Waals surface area contributed by atoms with Crippen LogP contribution < -0.4 is 16.2 Å². The summed E-state index contributed by atoms with van der Waals surface area (Å²) in [5.74, 6) is 0.446. The molecule has 1 aromatic heterocycles. The highest BCUT2D eigenvalue weighted by Crippen LogP contribution is 2.17. The summed E-state index contributed by atoms with van der Waals surface area (Å²) in [6.07, 6.45) is 1.45. The van der Waals surface area contributed by atoms with Crippen molar-refractivity contribution in [3.05, 3.63) is 36.0 Å². The first kappa shape index (κ1) is 14.9. The molecule has 0 amide bonds. The average molecular weight is 306 g/mol. The van der Waals surface area contributed by atoms with Crippen molar-refractivity contribution in [2.75, 3.05) is 11.1 Å². The van der Waals surface area contributed by atoms with Gasteiger partial charge in [-0.25, -0.2) is 18.5 Å². The van der Waals surface area contributed by atoms with E-state index in [-0.39, 0.29) is 22.4 Å². The predicted octanol–water partition coefficient (Wildman–Crippen LogP) is 0.838.